The predicted molar refractivity (Wildman–Crippen MR) is 163 cm³/mol. The first-order valence-corrected chi connectivity index (χ1v) is 17.7. The lowest BCUT2D eigenvalue weighted by molar-refractivity contribution is 0.250. The monoisotopic (exact) mass is 557 g/mol. The molecule has 5 nitrogen and oxygen atoms in total. The number of benzene rings is 4. The molecule has 8 heteroatoms. The Balaban J connectivity index is 1.80. The maximum Gasteiger partial charge on any atom is 0.342 e. The van der Waals surface area contributed by atoms with Crippen molar-refractivity contribution >= 4 is 43.3 Å². The highest BCUT2D eigenvalue weighted by Crippen LogP contribution is 2.77. The Hall–Kier alpha value is -2.77. The molecule has 38 heavy (non-hydrogen) atoms. The van der Waals surface area contributed by atoms with Gasteiger partial charge < -0.3 is 9.05 Å². The molecule has 0 atom stereocenters. The number of hydrogen-bond acceptors (Lipinski definition) is 5. The predicted octanol–water partition coefficient (Wildman–Crippen LogP) is 7.86. The van der Waals surface area contributed by atoms with Crippen molar-refractivity contribution < 1.29 is 9.05 Å². The quantitative estimate of drug-likeness (QED) is 0.189. The van der Waals surface area contributed by atoms with Crippen LogP contribution in [0.2, 0.25) is 0 Å². The maximum atomic E-state index is 6.69. The fourth-order valence-electron chi connectivity index (χ4n) is 4.68. The van der Waals surface area contributed by atoms with Crippen LogP contribution in [-0.4, -0.2) is 13.2 Å². The number of hydrogen-bond donors (Lipinski definition) is 0. The van der Waals surface area contributed by atoms with Crippen LogP contribution in [0.5, 0.6) is 0 Å². The van der Waals surface area contributed by atoms with E-state index in [1.54, 1.807) is 0 Å². The van der Waals surface area contributed by atoms with Crippen LogP contribution in [0, 0.1) is 0 Å². The minimum absolute atomic E-state index is 0.504. The van der Waals surface area contributed by atoms with Crippen LogP contribution in [-0.2, 0) is 9.05 Å². The molecular weight excluding hydrogens is 527 g/mol. The first-order valence-electron chi connectivity index (χ1n) is 12.8. The molecule has 0 fully saturated rings. The van der Waals surface area contributed by atoms with Gasteiger partial charge in [-0.1, -0.05) is 133 Å². The SMILES string of the molecule is C1=C\CCOP2(=NP(c3ccccc3)(c3ccccc3)=NP(c3ccccc3)(c3ccccc3)=N2)OCC/1. The fourth-order valence-corrected chi connectivity index (χ4v) is 18.0. The second kappa shape index (κ2) is 11.1. The lowest BCUT2D eigenvalue weighted by Crippen LogP contribution is -2.21. The van der Waals surface area contributed by atoms with Gasteiger partial charge in [0.15, 0.2) is 0 Å². The zero-order valence-corrected chi connectivity index (χ0v) is 23.7. The Bertz CT molecular complexity index is 1400. The third kappa shape index (κ3) is 4.87. The van der Waals surface area contributed by atoms with Crippen molar-refractivity contribution in [1.82, 2.24) is 0 Å². The van der Waals surface area contributed by atoms with Crippen molar-refractivity contribution in [1.29, 1.82) is 0 Å². The molecule has 192 valence electrons. The van der Waals surface area contributed by atoms with Gasteiger partial charge in [0.25, 0.3) is 0 Å². The summed E-state index contributed by atoms with van der Waals surface area (Å²) in [5.74, 6) is 0. The van der Waals surface area contributed by atoms with E-state index in [0.29, 0.717) is 13.2 Å². The molecule has 0 aromatic heterocycles. The summed E-state index contributed by atoms with van der Waals surface area (Å²) in [5, 5.41) is 4.34. The summed E-state index contributed by atoms with van der Waals surface area (Å²) in [7, 11) is -8.56. The molecule has 0 radical (unpaired) electrons. The van der Waals surface area contributed by atoms with Gasteiger partial charge in [0.2, 0.25) is 0 Å². The number of rotatable bonds is 4. The molecule has 2 aliphatic heterocycles. The normalized spacial score (nSPS) is 20.4. The summed E-state index contributed by atoms with van der Waals surface area (Å²) in [5.41, 5.74) is 0. The summed E-state index contributed by atoms with van der Waals surface area (Å²) in [6.07, 6.45) is 5.93. The van der Waals surface area contributed by atoms with Crippen LogP contribution in [0.4, 0.5) is 0 Å². The Morgan fingerprint density at radius 1 is 0.421 bits per heavy atom. The van der Waals surface area contributed by atoms with E-state index >= 15 is 0 Å². The van der Waals surface area contributed by atoms with Crippen LogP contribution in [0.3, 0.4) is 0 Å². The lowest BCUT2D eigenvalue weighted by atomic mass is 10.3. The van der Waals surface area contributed by atoms with Crippen molar-refractivity contribution in [2.24, 2.45) is 13.5 Å². The van der Waals surface area contributed by atoms with Gasteiger partial charge >= 0.3 is 7.66 Å². The van der Waals surface area contributed by atoms with Crippen LogP contribution in [0.25, 0.3) is 0 Å². The highest BCUT2D eigenvalue weighted by molar-refractivity contribution is 7.95. The van der Waals surface area contributed by atoms with Gasteiger partial charge in [-0.3, -0.25) is 0 Å². The second-order valence-corrected chi connectivity index (χ2v) is 17.1. The lowest BCUT2D eigenvalue weighted by Gasteiger charge is -2.36. The molecule has 0 aliphatic carbocycles. The average Bonchev–Trinajstić information content (AvgIpc) is 3.11. The van der Waals surface area contributed by atoms with Crippen LogP contribution in [0.1, 0.15) is 12.8 Å². The maximum absolute atomic E-state index is 6.69. The smallest absolute Gasteiger partial charge is 0.306 e. The molecule has 2 aliphatic rings. The topological polar surface area (TPSA) is 55.5 Å². The molecule has 0 saturated carbocycles. The van der Waals surface area contributed by atoms with Crippen molar-refractivity contribution in [3.63, 3.8) is 0 Å². The first kappa shape index (κ1) is 25.5. The van der Waals surface area contributed by atoms with E-state index in [1.807, 2.05) is 24.3 Å². The van der Waals surface area contributed by atoms with Gasteiger partial charge in [-0.05, 0) is 12.8 Å². The highest BCUT2D eigenvalue weighted by Gasteiger charge is 2.42. The minimum atomic E-state index is -3.07. The Morgan fingerprint density at radius 3 is 1.13 bits per heavy atom. The minimum Gasteiger partial charge on any atom is -0.306 e. The summed E-state index contributed by atoms with van der Waals surface area (Å²) in [6, 6.07) is 41.9. The van der Waals surface area contributed by atoms with E-state index in [-0.39, 0.29) is 0 Å². The largest absolute Gasteiger partial charge is 0.342 e. The van der Waals surface area contributed by atoms with E-state index in [1.165, 1.54) is 0 Å². The summed E-state index contributed by atoms with van der Waals surface area (Å²) >= 11 is 0. The average molecular weight is 558 g/mol. The molecule has 4 aromatic rings. The molecule has 0 saturated heterocycles. The van der Waals surface area contributed by atoms with Crippen LogP contribution < -0.4 is 21.2 Å². The molecule has 4 aromatic carbocycles. The van der Waals surface area contributed by atoms with Crippen molar-refractivity contribution in [3.8, 4) is 0 Å². The third-order valence-corrected chi connectivity index (χ3v) is 17.5. The molecule has 0 bridgehead atoms. The van der Waals surface area contributed by atoms with Gasteiger partial charge in [-0.2, -0.15) is 9.03 Å². The number of nitrogens with zero attached hydrogens (tertiary/aromatic N) is 3. The molecule has 2 heterocycles. The molecule has 0 amide bonds. The Morgan fingerprint density at radius 2 is 0.763 bits per heavy atom. The van der Waals surface area contributed by atoms with Crippen molar-refractivity contribution in [2.45, 2.75) is 12.8 Å². The van der Waals surface area contributed by atoms with Crippen molar-refractivity contribution in [2.75, 3.05) is 13.2 Å². The van der Waals surface area contributed by atoms with Crippen LogP contribution in [0.15, 0.2) is 147 Å². The molecule has 1 spiro atoms. The molecule has 0 N–H and O–H groups in total. The van der Waals surface area contributed by atoms with Gasteiger partial charge in [0, 0.05) is 21.2 Å². The van der Waals surface area contributed by atoms with E-state index in [9.17, 15) is 0 Å². The van der Waals surface area contributed by atoms with Gasteiger partial charge in [-0.15, -0.1) is 0 Å². The first-order chi connectivity index (χ1) is 18.7. The zero-order chi connectivity index (χ0) is 25.7. The Kier molecular flexibility index (Phi) is 7.48. The van der Waals surface area contributed by atoms with Gasteiger partial charge in [-0.25, -0.2) is 4.52 Å². The second-order valence-electron chi connectivity index (χ2n) is 9.02. The summed E-state index contributed by atoms with van der Waals surface area (Å²) in [4.78, 5) is 0. The van der Waals surface area contributed by atoms with Gasteiger partial charge in [0.05, 0.1) is 13.2 Å². The standard InChI is InChI=1S/C30H30N3O2P3/c1-2-16-26-35-38(34-25-15-1)32-36(27-17-7-3-8-18-27,28-19-9-4-10-20-28)31-37(33-38,29-21-11-5-12-22-29)30-23-13-6-14-24-30/h1-14,17-24H,15-16,25-26H2/b2-1-. The van der Waals surface area contributed by atoms with E-state index in [2.05, 4.69) is 109 Å². The molecular formula is C30H30N3O2P3. The van der Waals surface area contributed by atoms with Crippen molar-refractivity contribution in [3.05, 3.63) is 133 Å². The third-order valence-electron chi connectivity index (χ3n) is 6.46. The summed E-state index contributed by atoms with van der Waals surface area (Å²) < 4.78 is 30.4. The fraction of sp³-hybridized carbons (Fsp3) is 0.133. The molecule has 6 rings (SSSR count). The zero-order valence-electron chi connectivity index (χ0n) is 21.0. The van der Waals surface area contributed by atoms with Crippen LogP contribution >= 0.6 is 22.1 Å². The highest BCUT2D eigenvalue weighted by atomic mass is 31.3. The van der Waals surface area contributed by atoms with E-state index < -0.39 is 22.1 Å². The van der Waals surface area contributed by atoms with E-state index in [4.69, 9.17) is 22.6 Å². The van der Waals surface area contributed by atoms with Gasteiger partial charge in [0.1, 0.15) is 14.4 Å². The van der Waals surface area contributed by atoms with E-state index in [0.717, 1.165) is 34.1 Å². The summed E-state index contributed by atoms with van der Waals surface area (Å²) in [6.45, 7) is 1.01. The molecule has 0 unspecified atom stereocenters. The Labute approximate surface area is 225 Å².